The van der Waals surface area contributed by atoms with Crippen molar-refractivity contribution in [2.45, 2.75) is 53.1 Å². The largest absolute Gasteiger partial charge is 0.351 e. The number of pyridine rings is 1. The number of aromatic nitrogens is 2. The number of hydrogen-bond acceptors (Lipinski definition) is 4. The lowest BCUT2D eigenvalue weighted by Gasteiger charge is -2.29. The zero-order valence-corrected chi connectivity index (χ0v) is 25.3. The SMILES string of the molecule is CCc1cccc(C)c1-n1c(C)cc([C@@H]2[C@H](c3ccccn3)NC(=S)N2c2ccc(NS(C)(=O)=O)c(C)c2)c1C. The van der Waals surface area contributed by atoms with E-state index in [1.165, 1.54) is 16.8 Å². The minimum Gasteiger partial charge on any atom is -0.351 e. The van der Waals surface area contributed by atoms with Gasteiger partial charge in [-0.25, -0.2) is 8.42 Å². The normalized spacial score (nSPS) is 17.2. The van der Waals surface area contributed by atoms with Crippen molar-refractivity contribution in [3.8, 4) is 5.69 Å². The molecule has 4 aromatic rings. The maximum atomic E-state index is 11.9. The first-order valence-electron chi connectivity index (χ1n) is 13.4. The molecular formula is C31H35N5O2S2. The summed E-state index contributed by atoms with van der Waals surface area (Å²) >= 11 is 5.95. The lowest BCUT2D eigenvalue weighted by molar-refractivity contribution is 0.565. The molecular weight excluding hydrogens is 539 g/mol. The topological polar surface area (TPSA) is 79.3 Å². The number of anilines is 2. The van der Waals surface area contributed by atoms with Crippen LogP contribution in [0.1, 0.15) is 58.3 Å². The van der Waals surface area contributed by atoms with Gasteiger partial charge >= 0.3 is 0 Å². The van der Waals surface area contributed by atoms with Gasteiger partial charge in [-0.1, -0.05) is 31.2 Å². The molecule has 2 atom stereocenters. The van der Waals surface area contributed by atoms with E-state index in [-0.39, 0.29) is 12.1 Å². The maximum absolute atomic E-state index is 11.9. The van der Waals surface area contributed by atoms with Gasteiger partial charge in [-0.2, -0.15) is 0 Å². The highest BCUT2D eigenvalue weighted by atomic mass is 32.2. The van der Waals surface area contributed by atoms with Crippen molar-refractivity contribution in [3.63, 3.8) is 0 Å². The van der Waals surface area contributed by atoms with Gasteiger partial charge in [0.1, 0.15) is 0 Å². The number of nitrogens with one attached hydrogen (secondary N) is 2. The first-order valence-corrected chi connectivity index (χ1v) is 15.7. The highest BCUT2D eigenvalue weighted by molar-refractivity contribution is 7.92. The van der Waals surface area contributed by atoms with Gasteiger partial charge in [0.15, 0.2) is 5.11 Å². The second-order valence-electron chi connectivity index (χ2n) is 10.5. The monoisotopic (exact) mass is 573 g/mol. The molecule has 0 saturated carbocycles. The second-order valence-corrected chi connectivity index (χ2v) is 12.6. The second kappa shape index (κ2) is 10.7. The number of benzene rings is 2. The molecule has 1 saturated heterocycles. The summed E-state index contributed by atoms with van der Waals surface area (Å²) in [6.45, 7) is 10.6. The average molecular weight is 574 g/mol. The van der Waals surface area contributed by atoms with Crippen LogP contribution in [0.4, 0.5) is 11.4 Å². The van der Waals surface area contributed by atoms with Gasteiger partial charge < -0.3 is 14.8 Å². The van der Waals surface area contributed by atoms with E-state index in [2.05, 4.69) is 71.5 Å². The van der Waals surface area contributed by atoms with Crippen LogP contribution < -0.4 is 14.9 Å². The summed E-state index contributed by atoms with van der Waals surface area (Å²) in [7, 11) is -3.40. The molecule has 1 aliphatic rings. The number of hydrogen-bond donors (Lipinski definition) is 2. The average Bonchev–Trinajstić information content (AvgIpc) is 3.40. The van der Waals surface area contributed by atoms with Crippen molar-refractivity contribution in [2.75, 3.05) is 15.9 Å². The summed E-state index contributed by atoms with van der Waals surface area (Å²) in [6.07, 6.45) is 3.90. The van der Waals surface area contributed by atoms with Crippen LogP contribution in [-0.4, -0.2) is 29.3 Å². The van der Waals surface area contributed by atoms with Crippen molar-refractivity contribution in [1.82, 2.24) is 14.9 Å². The standard InChI is InChI=1S/C31H35N5O2S2/c1-7-23-12-10-11-19(2)29(23)35-21(4)18-25(22(35)5)30-28(27-13-8-9-16-32-27)33-31(39)36(30)24-14-15-26(20(3)17-24)34-40(6,37)38/h8-18,28,30,34H,7H2,1-6H3,(H,33,39)/t28-,30+/m0/s1. The van der Waals surface area contributed by atoms with Crippen LogP contribution in [0, 0.1) is 27.7 Å². The Bertz CT molecular complexity index is 1700. The summed E-state index contributed by atoms with van der Waals surface area (Å²) in [6, 6.07) is 20.0. The molecule has 0 spiro atoms. The molecule has 3 heterocycles. The van der Waals surface area contributed by atoms with Crippen molar-refractivity contribution < 1.29 is 8.42 Å². The first-order chi connectivity index (χ1) is 19.0. The number of nitrogens with zero attached hydrogens (tertiary/aromatic N) is 3. The van der Waals surface area contributed by atoms with E-state index >= 15 is 0 Å². The predicted molar refractivity (Wildman–Crippen MR) is 167 cm³/mol. The summed E-state index contributed by atoms with van der Waals surface area (Å²) < 4.78 is 28.7. The Morgan fingerprint density at radius 1 is 1.00 bits per heavy atom. The fourth-order valence-corrected chi connectivity index (χ4v) is 6.79. The van der Waals surface area contributed by atoms with Crippen molar-refractivity contribution >= 4 is 38.7 Å². The highest BCUT2D eigenvalue weighted by Gasteiger charge is 2.42. The lowest BCUT2D eigenvalue weighted by Crippen LogP contribution is -2.29. The molecule has 0 amide bonds. The van der Waals surface area contributed by atoms with Gasteiger partial charge in [-0.3, -0.25) is 9.71 Å². The molecule has 208 valence electrons. The predicted octanol–water partition coefficient (Wildman–Crippen LogP) is 6.22. The Balaban J connectivity index is 1.68. The third-order valence-electron chi connectivity index (χ3n) is 7.60. The summed E-state index contributed by atoms with van der Waals surface area (Å²) in [5.41, 5.74) is 10.4. The van der Waals surface area contributed by atoms with Gasteiger partial charge in [0.2, 0.25) is 10.0 Å². The van der Waals surface area contributed by atoms with Crippen LogP contribution in [0.25, 0.3) is 5.69 Å². The quantitative estimate of drug-likeness (QED) is 0.256. The van der Waals surface area contributed by atoms with E-state index in [1.807, 2.05) is 37.3 Å². The van der Waals surface area contributed by atoms with Crippen molar-refractivity contribution in [3.05, 3.63) is 106 Å². The van der Waals surface area contributed by atoms with Gasteiger partial charge in [-0.05, 0) is 105 Å². The van der Waals surface area contributed by atoms with E-state index in [4.69, 9.17) is 17.2 Å². The van der Waals surface area contributed by atoms with E-state index in [9.17, 15) is 8.42 Å². The Morgan fingerprint density at radius 3 is 2.42 bits per heavy atom. The van der Waals surface area contributed by atoms with Crippen LogP contribution in [0.15, 0.2) is 66.9 Å². The Hall–Kier alpha value is -3.69. The minimum atomic E-state index is -3.40. The molecule has 0 unspecified atom stereocenters. The smallest absolute Gasteiger partial charge is 0.229 e. The van der Waals surface area contributed by atoms with Gasteiger partial charge in [-0.15, -0.1) is 0 Å². The zero-order valence-electron chi connectivity index (χ0n) is 23.7. The van der Waals surface area contributed by atoms with Crippen LogP contribution in [-0.2, 0) is 16.4 Å². The van der Waals surface area contributed by atoms with E-state index in [1.54, 1.807) is 12.3 Å². The molecule has 40 heavy (non-hydrogen) atoms. The van der Waals surface area contributed by atoms with Crippen molar-refractivity contribution in [2.24, 2.45) is 0 Å². The minimum absolute atomic E-state index is 0.176. The third-order valence-corrected chi connectivity index (χ3v) is 8.50. The van der Waals surface area contributed by atoms with Crippen LogP contribution >= 0.6 is 12.2 Å². The molecule has 0 bridgehead atoms. The molecule has 7 nitrogen and oxygen atoms in total. The molecule has 1 aliphatic heterocycles. The van der Waals surface area contributed by atoms with Crippen LogP contribution in [0.2, 0.25) is 0 Å². The molecule has 9 heteroatoms. The molecule has 1 fully saturated rings. The number of para-hydroxylation sites is 1. The summed E-state index contributed by atoms with van der Waals surface area (Å²) in [4.78, 5) is 6.83. The third kappa shape index (κ3) is 5.11. The van der Waals surface area contributed by atoms with E-state index in [0.717, 1.165) is 46.6 Å². The molecule has 2 aromatic carbocycles. The molecule has 0 aliphatic carbocycles. The number of thiocarbonyl (C=S) groups is 1. The van der Waals surface area contributed by atoms with Crippen LogP contribution in [0.3, 0.4) is 0 Å². The summed E-state index contributed by atoms with van der Waals surface area (Å²) in [5.74, 6) is 0. The van der Waals surface area contributed by atoms with E-state index in [0.29, 0.717) is 10.8 Å². The Labute approximate surface area is 242 Å². The zero-order chi connectivity index (χ0) is 28.8. The summed E-state index contributed by atoms with van der Waals surface area (Å²) in [5, 5.41) is 4.14. The van der Waals surface area contributed by atoms with Gasteiger partial charge in [0.05, 0.1) is 35.4 Å². The fourth-order valence-electron chi connectivity index (χ4n) is 5.82. The van der Waals surface area contributed by atoms with Gasteiger partial charge in [0.25, 0.3) is 0 Å². The number of rotatable bonds is 7. The maximum Gasteiger partial charge on any atom is 0.229 e. The fraction of sp³-hybridized carbons (Fsp3) is 0.290. The van der Waals surface area contributed by atoms with Crippen molar-refractivity contribution in [1.29, 1.82) is 0 Å². The lowest BCUT2D eigenvalue weighted by atomic mass is 9.96. The Kier molecular flexibility index (Phi) is 7.46. The molecule has 2 N–H and O–H groups in total. The number of aryl methyl sites for hydroxylation is 4. The number of sulfonamides is 1. The molecule has 5 rings (SSSR count). The van der Waals surface area contributed by atoms with Gasteiger partial charge in [0, 0.05) is 23.3 Å². The van der Waals surface area contributed by atoms with Crippen LogP contribution in [0.5, 0.6) is 0 Å². The van der Waals surface area contributed by atoms with E-state index < -0.39 is 10.0 Å². The molecule has 0 radical (unpaired) electrons. The molecule has 2 aromatic heterocycles. The Morgan fingerprint density at radius 2 is 1.77 bits per heavy atom. The highest BCUT2D eigenvalue weighted by Crippen LogP contribution is 2.44. The first kappa shape index (κ1) is 27.9.